The molecule has 1 aromatic heterocycles. The Morgan fingerprint density at radius 1 is 1.38 bits per heavy atom. The van der Waals surface area contributed by atoms with Crippen molar-refractivity contribution in [2.45, 2.75) is 6.54 Å². The number of anilines is 1. The Morgan fingerprint density at radius 2 is 2.06 bits per heavy atom. The Hall–Kier alpha value is -1.85. The third kappa shape index (κ3) is 3.38. The van der Waals surface area contributed by atoms with E-state index in [1.807, 2.05) is 39.2 Å². The predicted molar refractivity (Wildman–Crippen MR) is 65.4 cm³/mol. The van der Waals surface area contributed by atoms with E-state index in [0.29, 0.717) is 18.5 Å². The van der Waals surface area contributed by atoms with Gasteiger partial charge in [0.1, 0.15) is 0 Å². The summed E-state index contributed by atoms with van der Waals surface area (Å²) in [7, 11) is 7.50. The average molecular weight is 222 g/mol. The van der Waals surface area contributed by atoms with Crippen LogP contribution in [0.15, 0.2) is 17.3 Å². The lowest BCUT2D eigenvalue weighted by atomic mass is 10.4. The molecule has 0 bridgehead atoms. The normalized spacial score (nSPS) is 11.4. The third-order valence-corrected chi connectivity index (χ3v) is 1.96. The van der Waals surface area contributed by atoms with Gasteiger partial charge >= 0.3 is 0 Å². The van der Waals surface area contributed by atoms with E-state index in [1.165, 1.54) is 0 Å². The molecule has 16 heavy (non-hydrogen) atoms. The summed E-state index contributed by atoms with van der Waals surface area (Å²) in [5.41, 5.74) is 6.53. The first-order valence-electron chi connectivity index (χ1n) is 4.97. The first-order valence-corrected chi connectivity index (χ1v) is 4.97. The van der Waals surface area contributed by atoms with Crippen molar-refractivity contribution in [2.24, 2.45) is 10.7 Å². The van der Waals surface area contributed by atoms with Crippen molar-refractivity contribution >= 4 is 11.9 Å². The van der Waals surface area contributed by atoms with E-state index in [4.69, 9.17) is 5.73 Å². The SMILES string of the molecule is CN(C)C(N)=NCc1ccnc(N(C)C)n1. The van der Waals surface area contributed by atoms with Crippen LogP contribution in [0.5, 0.6) is 0 Å². The van der Waals surface area contributed by atoms with E-state index in [1.54, 1.807) is 11.1 Å². The van der Waals surface area contributed by atoms with Crippen LogP contribution in [0.3, 0.4) is 0 Å². The largest absolute Gasteiger partial charge is 0.370 e. The van der Waals surface area contributed by atoms with Gasteiger partial charge in [-0.3, -0.25) is 0 Å². The summed E-state index contributed by atoms with van der Waals surface area (Å²) in [5, 5.41) is 0. The fraction of sp³-hybridized carbons (Fsp3) is 0.500. The zero-order valence-electron chi connectivity index (χ0n) is 10.2. The summed E-state index contributed by atoms with van der Waals surface area (Å²) in [4.78, 5) is 16.3. The van der Waals surface area contributed by atoms with Gasteiger partial charge in [0.2, 0.25) is 5.95 Å². The van der Waals surface area contributed by atoms with Gasteiger partial charge in [-0.25, -0.2) is 15.0 Å². The first-order chi connectivity index (χ1) is 7.50. The molecule has 0 aliphatic carbocycles. The van der Waals surface area contributed by atoms with Gasteiger partial charge in [0.15, 0.2) is 5.96 Å². The van der Waals surface area contributed by atoms with Gasteiger partial charge in [0.25, 0.3) is 0 Å². The maximum absolute atomic E-state index is 5.68. The summed E-state index contributed by atoms with van der Waals surface area (Å²) in [6, 6.07) is 1.83. The quantitative estimate of drug-likeness (QED) is 0.572. The van der Waals surface area contributed by atoms with Crippen LogP contribution in [0.2, 0.25) is 0 Å². The molecule has 0 saturated heterocycles. The van der Waals surface area contributed by atoms with Gasteiger partial charge in [-0.05, 0) is 6.07 Å². The zero-order valence-corrected chi connectivity index (χ0v) is 10.2. The summed E-state index contributed by atoms with van der Waals surface area (Å²) >= 11 is 0. The monoisotopic (exact) mass is 222 g/mol. The van der Waals surface area contributed by atoms with Crippen molar-refractivity contribution in [1.82, 2.24) is 14.9 Å². The van der Waals surface area contributed by atoms with E-state index in [9.17, 15) is 0 Å². The minimum Gasteiger partial charge on any atom is -0.370 e. The third-order valence-electron chi connectivity index (χ3n) is 1.96. The molecule has 0 fully saturated rings. The van der Waals surface area contributed by atoms with Crippen LogP contribution in [0.25, 0.3) is 0 Å². The summed E-state index contributed by atoms with van der Waals surface area (Å²) in [6.45, 7) is 0.466. The molecule has 0 amide bonds. The maximum Gasteiger partial charge on any atom is 0.225 e. The summed E-state index contributed by atoms with van der Waals surface area (Å²) in [6.07, 6.45) is 1.72. The summed E-state index contributed by atoms with van der Waals surface area (Å²) in [5.74, 6) is 1.17. The molecule has 1 heterocycles. The van der Waals surface area contributed by atoms with Gasteiger partial charge in [-0.1, -0.05) is 0 Å². The number of aromatic nitrogens is 2. The van der Waals surface area contributed by atoms with Crippen LogP contribution in [-0.4, -0.2) is 49.0 Å². The number of nitrogens with zero attached hydrogens (tertiary/aromatic N) is 5. The van der Waals surface area contributed by atoms with Crippen molar-refractivity contribution in [3.8, 4) is 0 Å². The highest BCUT2D eigenvalue weighted by Crippen LogP contribution is 2.04. The average Bonchev–Trinajstić information content (AvgIpc) is 2.26. The van der Waals surface area contributed by atoms with Crippen molar-refractivity contribution in [1.29, 1.82) is 0 Å². The minimum atomic E-state index is 0.466. The molecule has 0 spiro atoms. The van der Waals surface area contributed by atoms with Gasteiger partial charge < -0.3 is 15.5 Å². The zero-order chi connectivity index (χ0) is 12.1. The molecule has 0 saturated carbocycles. The fourth-order valence-corrected chi connectivity index (χ4v) is 0.992. The number of aliphatic imine (C=N–C) groups is 1. The Balaban J connectivity index is 2.75. The molecule has 0 radical (unpaired) electrons. The molecule has 88 valence electrons. The van der Waals surface area contributed by atoms with Crippen molar-refractivity contribution in [2.75, 3.05) is 33.1 Å². The van der Waals surface area contributed by atoms with Crippen LogP contribution in [0.4, 0.5) is 5.95 Å². The smallest absolute Gasteiger partial charge is 0.225 e. The second kappa shape index (κ2) is 5.29. The van der Waals surface area contributed by atoms with Crippen LogP contribution < -0.4 is 10.6 Å². The molecule has 2 N–H and O–H groups in total. The highest BCUT2D eigenvalue weighted by molar-refractivity contribution is 5.77. The highest BCUT2D eigenvalue weighted by atomic mass is 15.2. The van der Waals surface area contributed by atoms with E-state index in [2.05, 4.69) is 15.0 Å². The lowest BCUT2D eigenvalue weighted by Crippen LogP contribution is -2.30. The minimum absolute atomic E-state index is 0.466. The second-order valence-corrected chi connectivity index (χ2v) is 3.81. The van der Waals surface area contributed by atoms with Crippen LogP contribution in [0, 0.1) is 0 Å². The van der Waals surface area contributed by atoms with Crippen molar-refractivity contribution < 1.29 is 0 Å². The Kier molecular flexibility index (Phi) is 4.04. The van der Waals surface area contributed by atoms with Crippen molar-refractivity contribution in [3.63, 3.8) is 0 Å². The second-order valence-electron chi connectivity index (χ2n) is 3.81. The molecule has 0 atom stereocenters. The summed E-state index contributed by atoms with van der Waals surface area (Å²) < 4.78 is 0. The molecular weight excluding hydrogens is 204 g/mol. The Morgan fingerprint density at radius 3 is 2.62 bits per heavy atom. The fourth-order valence-electron chi connectivity index (χ4n) is 0.992. The number of guanidine groups is 1. The van der Waals surface area contributed by atoms with E-state index < -0.39 is 0 Å². The van der Waals surface area contributed by atoms with E-state index in [0.717, 1.165) is 5.69 Å². The molecule has 0 aliphatic heterocycles. The van der Waals surface area contributed by atoms with E-state index in [-0.39, 0.29) is 0 Å². The molecule has 1 aromatic rings. The number of rotatable bonds is 3. The molecular formula is C10H18N6. The molecule has 6 heteroatoms. The topological polar surface area (TPSA) is 70.6 Å². The van der Waals surface area contributed by atoms with Gasteiger partial charge in [0.05, 0.1) is 12.2 Å². The predicted octanol–water partition coefficient (Wildman–Crippen LogP) is -0.0811. The van der Waals surface area contributed by atoms with Gasteiger partial charge in [-0.2, -0.15) is 0 Å². The maximum atomic E-state index is 5.68. The molecule has 0 aromatic carbocycles. The van der Waals surface area contributed by atoms with Crippen LogP contribution in [-0.2, 0) is 6.54 Å². The van der Waals surface area contributed by atoms with Crippen molar-refractivity contribution in [3.05, 3.63) is 18.0 Å². The molecule has 0 unspecified atom stereocenters. The van der Waals surface area contributed by atoms with Gasteiger partial charge in [0, 0.05) is 34.4 Å². The number of nitrogens with two attached hydrogens (primary N) is 1. The van der Waals surface area contributed by atoms with E-state index >= 15 is 0 Å². The standard InChI is InChI=1S/C10H18N6/c1-15(2)9(11)13-7-8-5-6-12-10(14-8)16(3)4/h5-6H,7H2,1-4H3,(H2,11,13). The number of hydrogen-bond donors (Lipinski definition) is 1. The van der Waals surface area contributed by atoms with Crippen LogP contribution in [0.1, 0.15) is 5.69 Å². The lowest BCUT2D eigenvalue weighted by Gasteiger charge is -2.11. The highest BCUT2D eigenvalue weighted by Gasteiger charge is 2.01. The molecule has 1 rings (SSSR count). The molecule has 0 aliphatic rings. The lowest BCUT2D eigenvalue weighted by molar-refractivity contribution is 0.608. The van der Waals surface area contributed by atoms with Crippen LogP contribution >= 0.6 is 0 Å². The Bertz CT molecular complexity index is 371. The first kappa shape index (κ1) is 12.2. The number of hydrogen-bond acceptors (Lipinski definition) is 4. The Labute approximate surface area is 95.8 Å². The molecule has 6 nitrogen and oxygen atoms in total. The van der Waals surface area contributed by atoms with Gasteiger partial charge in [-0.15, -0.1) is 0 Å².